The van der Waals surface area contributed by atoms with Crippen LogP contribution in [0.25, 0.3) is 0 Å². The van der Waals surface area contributed by atoms with E-state index in [1.54, 1.807) is 0 Å². The lowest BCUT2D eigenvalue weighted by Gasteiger charge is -2.23. The standard InChI is InChI=1S/C10H21NO/c1-5-10(4,8-11)6-7-12-9(2)3/h5,9H,1,6-8,11H2,2-4H3. The largest absolute Gasteiger partial charge is 0.379 e. The first-order valence-corrected chi connectivity index (χ1v) is 4.49. The summed E-state index contributed by atoms with van der Waals surface area (Å²) in [7, 11) is 0. The molecular weight excluding hydrogens is 150 g/mol. The second-order valence-corrected chi connectivity index (χ2v) is 3.73. The number of nitrogens with two attached hydrogens (primary N) is 1. The van der Waals surface area contributed by atoms with Crippen LogP contribution < -0.4 is 5.73 Å². The van der Waals surface area contributed by atoms with Crippen LogP contribution in [0.3, 0.4) is 0 Å². The van der Waals surface area contributed by atoms with Crippen LogP contribution in [0.5, 0.6) is 0 Å². The van der Waals surface area contributed by atoms with Gasteiger partial charge in [-0.1, -0.05) is 13.0 Å². The highest BCUT2D eigenvalue weighted by Crippen LogP contribution is 2.20. The monoisotopic (exact) mass is 171 g/mol. The lowest BCUT2D eigenvalue weighted by atomic mass is 9.88. The Morgan fingerprint density at radius 2 is 2.17 bits per heavy atom. The average Bonchev–Trinajstić information content (AvgIpc) is 2.03. The summed E-state index contributed by atoms with van der Waals surface area (Å²) in [6.45, 7) is 11.3. The van der Waals surface area contributed by atoms with Crippen LogP contribution in [-0.4, -0.2) is 19.3 Å². The van der Waals surface area contributed by atoms with Crippen LogP contribution in [-0.2, 0) is 4.74 Å². The van der Waals surface area contributed by atoms with Crippen LogP contribution in [0.4, 0.5) is 0 Å². The fourth-order valence-corrected chi connectivity index (χ4v) is 0.815. The van der Waals surface area contributed by atoms with Gasteiger partial charge in [0.05, 0.1) is 6.10 Å². The van der Waals surface area contributed by atoms with Gasteiger partial charge in [-0.15, -0.1) is 6.58 Å². The first kappa shape index (κ1) is 11.7. The summed E-state index contributed by atoms with van der Waals surface area (Å²) in [4.78, 5) is 0. The van der Waals surface area contributed by atoms with Crippen molar-refractivity contribution in [2.75, 3.05) is 13.2 Å². The maximum atomic E-state index is 5.61. The molecule has 0 saturated carbocycles. The van der Waals surface area contributed by atoms with E-state index in [0.29, 0.717) is 12.6 Å². The van der Waals surface area contributed by atoms with Crippen molar-refractivity contribution in [3.8, 4) is 0 Å². The van der Waals surface area contributed by atoms with Gasteiger partial charge in [-0.25, -0.2) is 0 Å². The van der Waals surface area contributed by atoms with Crippen LogP contribution in [0, 0.1) is 5.41 Å². The van der Waals surface area contributed by atoms with Crippen LogP contribution in [0.2, 0.25) is 0 Å². The topological polar surface area (TPSA) is 35.2 Å². The summed E-state index contributed by atoms with van der Waals surface area (Å²) in [6.07, 6.45) is 3.17. The third-order valence-electron chi connectivity index (χ3n) is 2.08. The SMILES string of the molecule is C=CC(C)(CN)CCOC(C)C. The lowest BCUT2D eigenvalue weighted by Crippen LogP contribution is -2.26. The molecule has 0 aliphatic rings. The van der Waals surface area contributed by atoms with E-state index < -0.39 is 0 Å². The van der Waals surface area contributed by atoms with E-state index in [9.17, 15) is 0 Å². The summed E-state index contributed by atoms with van der Waals surface area (Å²) < 4.78 is 5.44. The molecule has 1 atom stereocenters. The summed E-state index contributed by atoms with van der Waals surface area (Å²) in [5, 5.41) is 0. The Labute approximate surface area is 75.8 Å². The zero-order chi connectivity index (χ0) is 9.61. The molecule has 0 fully saturated rings. The molecule has 2 nitrogen and oxygen atoms in total. The number of rotatable bonds is 6. The van der Waals surface area contributed by atoms with Crippen LogP contribution in [0.1, 0.15) is 27.2 Å². The van der Waals surface area contributed by atoms with Crippen LogP contribution >= 0.6 is 0 Å². The van der Waals surface area contributed by atoms with Crippen molar-refractivity contribution >= 4 is 0 Å². The number of ether oxygens (including phenoxy) is 1. The van der Waals surface area contributed by atoms with Gasteiger partial charge < -0.3 is 10.5 Å². The second-order valence-electron chi connectivity index (χ2n) is 3.73. The van der Waals surface area contributed by atoms with Gasteiger partial charge in [0, 0.05) is 13.2 Å². The fraction of sp³-hybridized carbons (Fsp3) is 0.800. The molecule has 1 unspecified atom stereocenters. The Morgan fingerprint density at radius 3 is 2.50 bits per heavy atom. The molecule has 0 spiro atoms. The van der Waals surface area contributed by atoms with Gasteiger partial charge in [-0.2, -0.15) is 0 Å². The van der Waals surface area contributed by atoms with E-state index in [2.05, 4.69) is 13.5 Å². The smallest absolute Gasteiger partial charge is 0.0518 e. The molecule has 2 heteroatoms. The Balaban J connectivity index is 3.66. The van der Waals surface area contributed by atoms with Gasteiger partial charge in [0.15, 0.2) is 0 Å². The van der Waals surface area contributed by atoms with Crippen molar-refractivity contribution in [1.82, 2.24) is 0 Å². The molecule has 0 heterocycles. The zero-order valence-corrected chi connectivity index (χ0v) is 8.47. The fourth-order valence-electron chi connectivity index (χ4n) is 0.815. The molecule has 0 aromatic rings. The van der Waals surface area contributed by atoms with Crippen molar-refractivity contribution in [3.63, 3.8) is 0 Å². The molecule has 0 amide bonds. The molecule has 0 aromatic carbocycles. The quantitative estimate of drug-likeness (QED) is 0.620. The molecular formula is C10H21NO. The van der Waals surface area contributed by atoms with Crippen molar-refractivity contribution in [2.45, 2.75) is 33.3 Å². The summed E-state index contributed by atoms with van der Waals surface area (Å²) >= 11 is 0. The first-order chi connectivity index (χ1) is 5.54. The van der Waals surface area contributed by atoms with E-state index in [0.717, 1.165) is 13.0 Å². The maximum absolute atomic E-state index is 5.61. The predicted molar refractivity (Wildman–Crippen MR) is 53.1 cm³/mol. The van der Waals surface area contributed by atoms with Gasteiger partial charge in [0.2, 0.25) is 0 Å². The minimum atomic E-state index is 0.0366. The lowest BCUT2D eigenvalue weighted by molar-refractivity contribution is 0.0629. The normalized spacial score (nSPS) is 16.1. The van der Waals surface area contributed by atoms with Crippen molar-refractivity contribution in [1.29, 1.82) is 0 Å². The van der Waals surface area contributed by atoms with Gasteiger partial charge in [-0.3, -0.25) is 0 Å². The molecule has 12 heavy (non-hydrogen) atoms. The van der Waals surface area contributed by atoms with Gasteiger partial charge >= 0.3 is 0 Å². The highest BCUT2D eigenvalue weighted by atomic mass is 16.5. The Bertz CT molecular complexity index is 134. The van der Waals surface area contributed by atoms with Crippen molar-refractivity contribution in [2.24, 2.45) is 11.1 Å². The molecule has 0 aromatic heterocycles. The summed E-state index contributed by atoms with van der Waals surface area (Å²) in [5.74, 6) is 0. The van der Waals surface area contributed by atoms with Gasteiger partial charge in [0.25, 0.3) is 0 Å². The molecule has 0 radical (unpaired) electrons. The zero-order valence-electron chi connectivity index (χ0n) is 8.47. The maximum Gasteiger partial charge on any atom is 0.0518 e. The second kappa shape index (κ2) is 5.33. The minimum Gasteiger partial charge on any atom is -0.379 e. The summed E-state index contributed by atoms with van der Waals surface area (Å²) in [6, 6.07) is 0. The number of hydrogen-bond donors (Lipinski definition) is 1. The Morgan fingerprint density at radius 1 is 1.58 bits per heavy atom. The third-order valence-corrected chi connectivity index (χ3v) is 2.08. The molecule has 2 N–H and O–H groups in total. The Kier molecular flexibility index (Phi) is 5.18. The van der Waals surface area contributed by atoms with E-state index in [4.69, 9.17) is 10.5 Å². The molecule has 0 bridgehead atoms. The van der Waals surface area contributed by atoms with Crippen molar-refractivity contribution < 1.29 is 4.74 Å². The molecule has 0 rings (SSSR count). The number of hydrogen-bond acceptors (Lipinski definition) is 2. The Hall–Kier alpha value is -0.340. The summed E-state index contributed by atoms with van der Waals surface area (Å²) in [5.41, 5.74) is 5.64. The molecule has 0 aliphatic heterocycles. The van der Waals surface area contributed by atoms with E-state index in [1.165, 1.54) is 0 Å². The molecule has 0 aliphatic carbocycles. The van der Waals surface area contributed by atoms with E-state index >= 15 is 0 Å². The highest BCUT2D eigenvalue weighted by Gasteiger charge is 2.17. The molecule has 72 valence electrons. The third kappa shape index (κ3) is 4.52. The van der Waals surface area contributed by atoms with E-state index in [-0.39, 0.29) is 5.41 Å². The van der Waals surface area contributed by atoms with Crippen LogP contribution in [0.15, 0.2) is 12.7 Å². The van der Waals surface area contributed by atoms with E-state index in [1.807, 2.05) is 19.9 Å². The minimum absolute atomic E-state index is 0.0366. The molecule has 0 saturated heterocycles. The first-order valence-electron chi connectivity index (χ1n) is 4.49. The average molecular weight is 171 g/mol. The van der Waals surface area contributed by atoms with Gasteiger partial charge in [0.1, 0.15) is 0 Å². The highest BCUT2D eigenvalue weighted by molar-refractivity contribution is 4.91. The van der Waals surface area contributed by atoms with Crippen molar-refractivity contribution in [3.05, 3.63) is 12.7 Å². The van der Waals surface area contributed by atoms with Gasteiger partial charge in [-0.05, 0) is 25.7 Å². The predicted octanol–water partition coefficient (Wildman–Crippen LogP) is 1.95.